The van der Waals surface area contributed by atoms with Crippen molar-refractivity contribution >= 4 is 5.95 Å². The van der Waals surface area contributed by atoms with E-state index in [-0.39, 0.29) is 0 Å². The summed E-state index contributed by atoms with van der Waals surface area (Å²) in [5.41, 5.74) is 2.27. The summed E-state index contributed by atoms with van der Waals surface area (Å²) in [7, 11) is 1.69. The average Bonchev–Trinajstić information content (AvgIpc) is 3.15. The van der Waals surface area contributed by atoms with E-state index in [9.17, 15) is 0 Å². The minimum absolute atomic E-state index is 0.617. The van der Waals surface area contributed by atoms with E-state index >= 15 is 0 Å². The zero-order chi connectivity index (χ0) is 13.2. The number of nitrogens with one attached hydrogen (secondary N) is 1. The molecule has 1 aromatic heterocycles. The standard InChI is InChI=1S/C15H19N3O/c1-11-9-18(15(16-11)17-13-6-7-13)10-12-4-3-5-14(8-12)19-2/h3-5,8-9,13H,6-7,10H2,1-2H3,(H,16,17). The molecule has 1 fully saturated rings. The summed E-state index contributed by atoms with van der Waals surface area (Å²) >= 11 is 0. The van der Waals surface area contributed by atoms with E-state index in [1.54, 1.807) is 7.11 Å². The molecule has 1 heterocycles. The predicted molar refractivity (Wildman–Crippen MR) is 75.7 cm³/mol. The highest BCUT2D eigenvalue weighted by molar-refractivity contribution is 5.35. The van der Waals surface area contributed by atoms with Gasteiger partial charge in [0.15, 0.2) is 0 Å². The van der Waals surface area contributed by atoms with Crippen molar-refractivity contribution in [3.05, 3.63) is 41.7 Å². The van der Waals surface area contributed by atoms with Crippen LogP contribution < -0.4 is 10.1 Å². The Labute approximate surface area is 113 Å². The predicted octanol–water partition coefficient (Wildman–Crippen LogP) is 2.82. The summed E-state index contributed by atoms with van der Waals surface area (Å²) in [6, 6.07) is 8.78. The molecule has 2 aromatic rings. The van der Waals surface area contributed by atoms with Gasteiger partial charge in [0.2, 0.25) is 5.95 Å². The lowest BCUT2D eigenvalue weighted by Crippen LogP contribution is -2.09. The molecule has 0 bridgehead atoms. The lowest BCUT2D eigenvalue weighted by Gasteiger charge is -2.10. The van der Waals surface area contributed by atoms with Crippen molar-refractivity contribution in [2.45, 2.75) is 32.4 Å². The molecule has 0 spiro atoms. The van der Waals surface area contributed by atoms with Crippen LogP contribution in [0.5, 0.6) is 5.75 Å². The molecule has 3 rings (SSSR count). The summed E-state index contributed by atoms with van der Waals surface area (Å²) in [6.07, 6.45) is 4.60. The molecular formula is C15H19N3O. The number of benzene rings is 1. The highest BCUT2D eigenvalue weighted by Gasteiger charge is 2.23. The molecular weight excluding hydrogens is 238 g/mol. The van der Waals surface area contributed by atoms with Crippen LogP contribution in [0.15, 0.2) is 30.5 Å². The molecule has 4 heteroatoms. The first-order valence-corrected chi connectivity index (χ1v) is 6.68. The Morgan fingerprint density at radius 1 is 1.42 bits per heavy atom. The first-order chi connectivity index (χ1) is 9.24. The maximum absolute atomic E-state index is 5.26. The number of imidazole rings is 1. The molecule has 0 saturated heterocycles. The van der Waals surface area contributed by atoms with Gasteiger partial charge in [-0.25, -0.2) is 4.98 Å². The van der Waals surface area contributed by atoms with E-state index in [4.69, 9.17) is 4.74 Å². The second-order valence-electron chi connectivity index (χ2n) is 5.10. The summed E-state index contributed by atoms with van der Waals surface area (Å²) < 4.78 is 7.43. The number of nitrogens with zero attached hydrogens (tertiary/aromatic N) is 2. The third-order valence-electron chi connectivity index (χ3n) is 3.29. The van der Waals surface area contributed by atoms with Crippen molar-refractivity contribution in [2.75, 3.05) is 12.4 Å². The van der Waals surface area contributed by atoms with Crippen molar-refractivity contribution in [3.63, 3.8) is 0 Å². The van der Waals surface area contributed by atoms with Gasteiger partial charge in [-0.05, 0) is 37.5 Å². The van der Waals surface area contributed by atoms with Gasteiger partial charge in [-0.15, -0.1) is 0 Å². The summed E-state index contributed by atoms with van der Waals surface area (Å²) in [5.74, 6) is 1.87. The maximum Gasteiger partial charge on any atom is 0.203 e. The second kappa shape index (κ2) is 4.96. The average molecular weight is 257 g/mol. The van der Waals surface area contributed by atoms with Crippen LogP contribution in [0.3, 0.4) is 0 Å². The van der Waals surface area contributed by atoms with E-state index in [0.717, 1.165) is 23.9 Å². The zero-order valence-electron chi connectivity index (χ0n) is 11.4. The minimum Gasteiger partial charge on any atom is -0.497 e. The van der Waals surface area contributed by atoms with Crippen LogP contribution >= 0.6 is 0 Å². The zero-order valence-corrected chi connectivity index (χ0v) is 11.4. The normalized spacial score (nSPS) is 14.4. The summed E-state index contributed by atoms with van der Waals surface area (Å²) in [4.78, 5) is 4.55. The topological polar surface area (TPSA) is 39.1 Å². The van der Waals surface area contributed by atoms with Crippen LogP contribution in [0.25, 0.3) is 0 Å². The van der Waals surface area contributed by atoms with Crippen molar-refractivity contribution < 1.29 is 4.74 Å². The Hall–Kier alpha value is -1.97. The molecule has 0 radical (unpaired) electrons. The van der Waals surface area contributed by atoms with Gasteiger partial charge in [-0.3, -0.25) is 0 Å². The lowest BCUT2D eigenvalue weighted by atomic mass is 10.2. The van der Waals surface area contributed by atoms with Crippen LogP contribution in [0.2, 0.25) is 0 Å². The van der Waals surface area contributed by atoms with Crippen LogP contribution in [-0.4, -0.2) is 22.7 Å². The number of aromatic nitrogens is 2. The smallest absolute Gasteiger partial charge is 0.203 e. The Balaban J connectivity index is 1.80. The van der Waals surface area contributed by atoms with Crippen molar-refractivity contribution in [1.82, 2.24) is 9.55 Å². The Morgan fingerprint density at radius 2 is 2.26 bits per heavy atom. The van der Waals surface area contributed by atoms with Gasteiger partial charge in [0.25, 0.3) is 0 Å². The molecule has 0 amide bonds. The van der Waals surface area contributed by atoms with Gasteiger partial charge in [0, 0.05) is 12.2 Å². The quantitative estimate of drug-likeness (QED) is 0.895. The maximum atomic E-state index is 5.26. The number of methoxy groups -OCH3 is 1. The van der Waals surface area contributed by atoms with Crippen LogP contribution in [0.1, 0.15) is 24.1 Å². The number of ether oxygens (including phenoxy) is 1. The number of anilines is 1. The van der Waals surface area contributed by atoms with Gasteiger partial charge in [-0.1, -0.05) is 12.1 Å². The first-order valence-electron chi connectivity index (χ1n) is 6.68. The highest BCUT2D eigenvalue weighted by atomic mass is 16.5. The van der Waals surface area contributed by atoms with Crippen LogP contribution in [0.4, 0.5) is 5.95 Å². The molecule has 0 atom stereocenters. The van der Waals surface area contributed by atoms with Gasteiger partial charge in [0.05, 0.1) is 19.3 Å². The Bertz CT molecular complexity index is 573. The SMILES string of the molecule is COc1cccc(Cn2cc(C)nc2NC2CC2)c1. The third kappa shape index (κ3) is 2.89. The number of aryl methyl sites for hydroxylation is 1. The fraction of sp³-hybridized carbons (Fsp3) is 0.400. The highest BCUT2D eigenvalue weighted by Crippen LogP contribution is 2.25. The molecule has 0 aliphatic heterocycles. The molecule has 0 unspecified atom stereocenters. The van der Waals surface area contributed by atoms with Gasteiger partial charge in [-0.2, -0.15) is 0 Å². The third-order valence-corrected chi connectivity index (χ3v) is 3.29. The van der Waals surface area contributed by atoms with Crippen molar-refractivity contribution in [1.29, 1.82) is 0 Å². The van der Waals surface area contributed by atoms with E-state index in [2.05, 4.69) is 33.2 Å². The first kappa shape index (κ1) is 12.1. The Morgan fingerprint density at radius 3 is 3.00 bits per heavy atom. The summed E-state index contributed by atoms with van der Waals surface area (Å²) in [6.45, 7) is 2.84. The molecule has 1 aliphatic carbocycles. The van der Waals surface area contributed by atoms with E-state index in [1.807, 2.05) is 19.1 Å². The Kier molecular flexibility index (Phi) is 3.15. The second-order valence-corrected chi connectivity index (χ2v) is 5.10. The van der Waals surface area contributed by atoms with E-state index in [0.29, 0.717) is 6.04 Å². The number of hydrogen-bond acceptors (Lipinski definition) is 3. The van der Waals surface area contributed by atoms with Gasteiger partial charge >= 0.3 is 0 Å². The largest absolute Gasteiger partial charge is 0.497 e. The molecule has 1 aliphatic rings. The van der Waals surface area contributed by atoms with Crippen LogP contribution in [0, 0.1) is 6.92 Å². The fourth-order valence-electron chi connectivity index (χ4n) is 2.16. The minimum atomic E-state index is 0.617. The fourth-order valence-corrected chi connectivity index (χ4v) is 2.16. The molecule has 19 heavy (non-hydrogen) atoms. The van der Waals surface area contributed by atoms with E-state index in [1.165, 1.54) is 18.4 Å². The number of rotatable bonds is 5. The number of hydrogen-bond donors (Lipinski definition) is 1. The molecule has 100 valence electrons. The molecule has 1 aromatic carbocycles. The van der Waals surface area contributed by atoms with Gasteiger partial charge in [0.1, 0.15) is 5.75 Å². The van der Waals surface area contributed by atoms with Gasteiger partial charge < -0.3 is 14.6 Å². The summed E-state index contributed by atoms with van der Waals surface area (Å²) in [5, 5.41) is 3.47. The van der Waals surface area contributed by atoms with Crippen LogP contribution in [-0.2, 0) is 6.54 Å². The van der Waals surface area contributed by atoms with E-state index < -0.39 is 0 Å². The molecule has 1 saturated carbocycles. The molecule has 4 nitrogen and oxygen atoms in total. The lowest BCUT2D eigenvalue weighted by molar-refractivity contribution is 0.414. The molecule has 1 N–H and O–H groups in total. The van der Waals surface area contributed by atoms with Crippen molar-refractivity contribution in [2.24, 2.45) is 0 Å². The van der Waals surface area contributed by atoms with Crippen molar-refractivity contribution in [3.8, 4) is 5.75 Å². The monoisotopic (exact) mass is 257 g/mol.